The Hall–Kier alpha value is -6.72. The molecule has 230 valence electrons. The van der Waals surface area contributed by atoms with Gasteiger partial charge in [0.25, 0.3) is 0 Å². The first-order chi connectivity index (χ1) is 24.2. The SMILES string of the molecule is c1ccc(-c2cc(-c3ccccc3)nc(-n3c4ccccc4c4cc(-c5ccc6c(c5)Oc5cc7ccccc7cc5O6)ccc43)n2)cc1. The van der Waals surface area contributed by atoms with Crippen LogP contribution in [-0.2, 0) is 0 Å². The lowest BCUT2D eigenvalue weighted by Gasteiger charge is -2.22. The summed E-state index contributed by atoms with van der Waals surface area (Å²) in [6, 6.07) is 56.1. The minimum atomic E-state index is 0.629. The van der Waals surface area contributed by atoms with E-state index in [0.717, 1.165) is 77.7 Å². The van der Waals surface area contributed by atoms with Crippen LogP contribution in [0.1, 0.15) is 0 Å². The molecule has 10 rings (SSSR count). The number of para-hydroxylation sites is 1. The zero-order valence-corrected chi connectivity index (χ0v) is 26.2. The molecule has 0 saturated heterocycles. The van der Waals surface area contributed by atoms with Gasteiger partial charge in [-0.1, -0.05) is 115 Å². The fraction of sp³-hybridized carbons (Fsp3) is 0. The number of nitrogens with zero attached hydrogens (tertiary/aromatic N) is 3. The molecule has 49 heavy (non-hydrogen) atoms. The van der Waals surface area contributed by atoms with Crippen LogP contribution in [0.25, 0.3) is 72.2 Å². The summed E-state index contributed by atoms with van der Waals surface area (Å²) >= 11 is 0. The molecule has 0 bridgehead atoms. The molecule has 0 saturated carbocycles. The molecule has 0 N–H and O–H groups in total. The van der Waals surface area contributed by atoms with Crippen molar-refractivity contribution in [3.05, 3.63) is 164 Å². The summed E-state index contributed by atoms with van der Waals surface area (Å²) in [5.41, 5.74) is 8.03. The number of ether oxygens (including phenoxy) is 2. The van der Waals surface area contributed by atoms with Gasteiger partial charge in [0.05, 0.1) is 22.4 Å². The maximum Gasteiger partial charge on any atom is 0.235 e. The van der Waals surface area contributed by atoms with Crippen molar-refractivity contribution in [2.75, 3.05) is 0 Å². The van der Waals surface area contributed by atoms with E-state index in [2.05, 4.69) is 102 Å². The molecule has 5 heteroatoms. The van der Waals surface area contributed by atoms with E-state index in [9.17, 15) is 0 Å². The average molecular weight is 630 g/mol. The molecule has 0 spiro atoms. The summed E-state index contributed by atoms with van der Waals surface area (Å²) < 4.78 is 14.9. The second kappa shape index (κ2) is 10.9. The number of rotatable bonds is 4. The van der Waals surface area contributed by atoms with E-state index in [4.69, 9.17) is 19.4 Å². The molecule has 7 aromatic carbocycles. The molecule has 9 aromatic rings. The van der Waals surface area contributed by atoms with E-state index < -0.39 is 0 Å². The first-order valence-corrected chi connectivity index (χ1v) is 16.3. The maximum atomic E-state index is 6.42. The van der Waals surface area contributed by atoms with Gasteiger partial charge in [-0.15, -0.1) is 0 Å². The minimum absolute atomic E-state index is 0.629. The first kappa shape index (κ1) is 27.4. The summed E-state index contributed by atoms with van der Waals surface area (Å²) in [7, 11) is 0. The molecular weight excluding hydrogens is 603 g/mol. The second-order valence-corrected chi connectivity index (χ2v) is 12.3. The summed E-state index contributed by atoms with van der Waals surface area (Å²) in [4.78, 5) is 10.3. The zero-order chi connectivity index (χ0) is 32.3. The van der Waals surface area contributed by atoms with Gasteiger partial charge in [-0.05, 0) is 70.4 Å². The smallest absolute Gasteiger partial charge is 0.235 e. The quantitative estimate of drug-likeness (QED) is 0.194. The van der Waals surface area contributed by atoms with Gasteiger partial charge in [0.1, 0.15) is 0 Å². The highest BCUT2D eigenvalue weighted by atomic mass is 16.6. The number of fused-ring (bicyclic) bond motifs is 6. The van der Waals surface area contributed by atoms with Crippen molar-refractivity contribution in [1.82, 2.24) is 14.5 Å². The summed E-state index contributed by atoms with van der Waals surface area (Å²) in [6.45, 7) is 0. The largest absolute Gasteiger partial charge is 0.449 e. The lowest BCUT2D eigenvalue weighted by atomic mass is 10.0. The van der Waals surface area contributed by atoms with Crippen molar-refractivity contribution >= 4 is 32.6 Å². The van der Waals surface area contributed by atoms with E-state index in [1.807, 2.05) is 66.7 Å². The standard InChI is InChI=1S/C44H27N3O2/c1-3-11-28(12-4-1)36-27-37(29-13-5-2-6-14-29)46-44(45-36)47-38-18-10-9-17-34(38)35-23-32(19-21-39(35)47)33-20-22-40-41(26-33)49-43-25-31-16-8-7-15-30(31)24-42(43)48-40/h1-27H. The molecule has 5 nitrogen and oxygen atoms in total. The third kappa shape index (κ3) is 4.63. The average Bonchev–Trinajstić information content (AvgIpc) is 3.50. The van der Waals surface area contributed by atoms with Crippen LogP contribution in [0, 0.1) is 0 Å². The Labute approximate surface area is 282 Å². The zero-order valence-electron chi connectivity index (χ0n) is 26.2. The number of benzene rings is 7. The van der Waals surface area contributed by atoms with Gasteiger partial charge in [0.15, 0.2) is 23.0 Å². The number of aromatic nitrogens is 3. The Morgan fingerprint density at radius 2 is 0.898 bits per heavy atom. The van der Waals surface area contributed by atoms with Gasteiger partial charge in [0, 0.05) is 21.9 Å². The molecule has 1 aliphatic rings. The third-order valence-electron chi connectivity index (χ3n) is 9.25. The van der Waals surface area contributed by atoms with E-state index in [1.54, 1.807) is 0 Å². The van der Waals surface area contributed by atoms with Gasteiger partial charge < -0.3 is 9.47 Å². The van der Waals surface area contributed by atoms with Gasteiger partial charge in [-0.25, -0.2) is 9.97 Å². The Balaban J connectivity index is 1.11. The van der Waals surface area contributed by atoms with Crippen LogP contribution in [0.15, 0.2) is 164 Å². The van der Waals surface area contributed by atoms with Crippen LogP contribution >= 0.6 is 0 Å². The first-order valence-electron chi connectivity index (χ1n) is 16.3. The Morgan fingerprint density at radius 3 is 1.59 bits per heavy atom. The van der Waals surface area contributed by atoms with Gasteiger partial charge in [0.2, 0.25) is 5.95 Å². The van der Waals surface area contributed by atoms with E-state index >= 15 is 0 Å². The fourth-order valence-corrected chi connectivity index (χ4v) is 6.86. The van der Waals surface area contributed by atoms with E-state index in [1.165, 1.54) is 0 Å². The molecule has 0 unspecified atom stereocenters. The Morgan fingerprint density at radius 1 is 0.367 bits per heavy atom. The maximum absolute atomic E-state index is 6.42. The van der Waals surface area contributed by atoms with Crippen LogP contribution in [-0.4, -0.2) is 14.5 Å². The molecule has 0 radical (unpaired) electrons. The summed E-state index contributed by atoms with van der Waals surface area (Å²) in [5, 5.41) is 4.48. The van der Waals surface area contributed by atoms with Gasteiger partial charge in [-0.3, -0.25) is 4.57 Å². The molecule has 1 aliphatic heterocycles. The second-order valence-electron chi connectivity index (χ2n) is 12.3. The van der Waals surface area contributed by atoms with Crippen LogP contribution in [0.3, 0.4) is 0 Å². The number of hydrogen-bond acceptors (Lipinski definition) is 4. The summed E-state index contributed by atoms with van der Waals surface area (Å²) in [5.74, 6) is 3.47. The normalized spacial score (nSPS) is 12.0. The van der Waals surface area contributed by atoms with Crippen molar-refractivity contribution in [2.24, 2.45) is 0 Å². The Kier molecular flexibility index (Phi) is 6.11. The van der Waals surface area contributed by atoms with Crippen molar-refractivity contribution in [3.63, 3.8) is 0 Å². The molecule has 0 fully saturated rings. The van der Waals surface area contributed by atoms with E-state index in [0.29, 0.717) is 17.4 Å². The van der Waals surface area contributed by atoms with E-state index in [-0.39, 0.29) is 0 Å². The highest BCUT2D eigenvalue weighted by molar-refractivity contribution is 6.10. The third-order valence-corrected chi connectivity index (χ3v) is 9.25. The molecule has 3 heterocycles. The predicted molar refractivity (Wildman–Crippen MR) is 197 cm³/mol. The molecule has 2 aromatic heterocycles. The topological polar surface area (TPSA) is 49.2 Å². The highest BCUT2D eigenvalue weighted by Crippen LogP contribution is 2.48. The van der Waals surface area contributed by atoms with Crippen molar-refractivity contribution in [2.45, 2.75) is 0 Å². The summed E-state index contributed by atoms with van der Waals surface area (Å²) in [6.07, 6.45) is 0. The molecule has 0 aliphatic carbocycles. The number of hydrogen-bond donors (Lipinski definition) is 0. The van der Waals surface area contributed by atoms with Crippen molar-refractivity contribution in [3.8, 4) is 62.6 Å². The van der Waals surface area contributed by atoms with Crippen LogP contribution in [0.4, 0.5) is 0 Å². The lowest BCUT2D eigenvalue weighted by Crippen LogP contribution is -2.04. The fourth-order valence-electron chi connectivity index (χ4n) is 6.86. The predicted octanol–water partition coefficient (Wildman–Crippen LogP) is 11.6. The lowest BCUT2D eigenvalue weighted by molar-refractivity contribution is 0.360. The van der Waals surface area contributed by atoms with Crippen LogP contribution in [0.5, 0.6) is 23.0 Å². The van der Waals surface area contributed by atoms with Crippen LogP contribution in [0.2, 0.25) is 0 Å². The molecular formula is C44H27N3O2. The highest BCUT2D eigenvalue weighted by Gasteiger charge is 2.21. The molecule has 0 atom stereocenters. The molecule has 0 amide bonds. The van der Waals surface area contributed by atoms with Crippen molar-refractivity contribution in [1.29, 1.82) is 0 Å². The van der Waals surface area contributed by atoms with Crippen molar-refractivity contribution < 1.29 is 9.47 Å². The van der Waals surface area contributed by atoms with Gasteiger partial charge >= 0.3 is 0 Å². The Bertz CT molecular complexity index is 2660. The monoisotopic (exact) mass is 629 g/mol. The minimum Gasteiger partial charge on any atom is -0.449 e. The van der Waals surface area contributed by atoms with Crippen LogP contribution < -0.4 is 9.47 Å². The van der Waals surface area contributed by atoms with Gasteiger partial charge in [-0.2, -0.15) is 0 Å².